The smallest absolute Gasteiger partial charge is 0.266 e. The van der Waals surface area contributed by atoms with Crippen molar-refractivity contribution in [2.45, 2.75) is 89.1 Å². The maximum Gasteiger partial charge on any atom is 0.266 e. The summed E-state index contributed by atoms with van der Waals surface area (Å²) < 4.78 is 46.1. The monoisotopic (exact) mass is 370 g/mol. The van der Waals surface area contributed by atoms with Crippen molar-refractivity contribution in [2.24, 2.45) is 11.8 Å². The molecule has 3 fully saturated rings. The lowest BCUT2D eigenvalue weighted by Gasteiger charge is -2.29. The molecule has 148 valence electrons. The third kappa shape index (κ3) is 5.07. The van der Waals surface area contributed by atoms with Crippen LogP contribution in [-0.2, 0) is 14.2 Å². The minimum Gasteiger partial charge on any atom is -0.495 e. The summed E-state index contributed by atoms with van der Waals surface area (Å²) in [6.45, 7) is 6.65. The van der Waals surface area contributed by atoms with E-state index in [2.05, 4.69) is 6.58 Å². The van der Waals surface area contributed by atoms with Gasteiger partial charge in [-0.1, -0.05) is 32.4 Å². The van der Waals surface area contributed by atoms with Crippen LogP contribution in [0, 0.1) is 11.8 Å². The minimum absolute atomic E-state index is 0.0273. The van der Waals surface area contributed by atoms with Crippen LogP contribution in [-0.4, -0.2) is 31.0 Å². The van der Waals surface area contributed by atoms with Gasteiger partial charge in [0.2, 0.25) is 0 Å². The number of allylic oxidation sites excluding steroid dienone is 2. The Hall–Kier alpha value is -0.940. The van der Waals surface area contributed by atoms with Crippen LogP contribution in [0.3, 0.4) is 0 Å². The Morgan fingerprint density at radius 2 is 2.15 bits per heavy atom. The molecule has 1 unspecified atom stereocenters. The number of hydrogen-bond acceptors (Lipinski definition) is 3. The molecule has 3 aliphatic rings. The van der Waals surface area contributed by atoms with E-state index in [9.17, 15) is 8.78 Å². The van der Waals surface area contributed by atoms with Crippen LogP contribution in [0.5, 0.6) is 0 Å². The van der Waals surface area contributed by atoms with Crippen molar-refractivity contribution >= 4 is 0 Å². The highest BCUT2D eigenvalue weighted by atomic mass is 19.3. The Bertz CT molecular complexity index is 499. The standard InChI is InChI=1S/C21H32F2O3/c1-3-4-6-10-21(22,23)11-9-16-17-13-15(2)25-19(17)14-18(16)26-20-8-5-7-12-24-20/h9,11,16-20H,2-8,10,12-14H2,1H3/b11-9+/t16-,17-,18-,19+,20?/m1/s1. The molecule has 0 aromatic heterocycles. The SMILES string of the molecule is C=C1C[C@@H]2[C@@H](/C=C/C(F)(F)CCCCC)[C@H](OC3CCCCO3)C[C@@H]2O1. The summed E-state index contributed by atoms with van der Waals surface area (Å²) in [6.07, 6.45) is 9.23. The Balaban J connectivity index is 1.64. The number of fused-ring (bicyclic) bond motifs is 1. The first-order valence-corrected chi connectivity index (χ1v) is 10.2. The summed E-state index contributed by atoms with van der Waals surface area (Å²) in [6, 6.07) is 0. The average Bonchev–Trinajstić information content (AvgIpc) is 3.10. The van der Waals surface area contributed by atoms with Crippen molar-refractivity contribution < 1.29 is 23.0 Å². The fourth-order valence-corrected chi connectivity index (χ4v) is 4.38. The third-order valence-corrected chi connectivity index (χ3v) is 5.79. The Morgan fingerprint density at radius 3 is 2.88 bits per heavy atom. The van der Waals surface area contributed by atoms with Crippen molar-refractivity contribution in [3.63, 3.8) is 0 Å². The van der Waals surface area contributed by atoms with Gasteiger partial charge in [0.05, 0.1) is 11.9 Å². The Kier molecular flexibility index (Phi) is 6.73. The van der Waals surface area contributed by atoms with Gasteiger partial charge in [0.15, 0.2) is 6.29 Å². The van der Waals surface area contributed by atoms with E-state index in [0.29, 0.717) is 13.0 Å². The molecule has 0 radical (unpaired) electrons. The predicted molar refractivity (Wildman–Crippen MR) is 96.9 cm³/mol. The number of rotatable bonds is 8. The van der Waals surface area contributed by atoms with Crippen molar-refractivity contribution in [3.8, 4) is 0 Å². The van der Waals surface area contributed by atoms with Crippen molar-refractivity contribution in [1.82, 2.24) is 0 Å². The van der Waals surface area contributed by atoms with Crippen LogP contribution < -0.4 is 0 Å². The molecular weight excluding hydrogens is 338 g/mol. The average molecular weight is 370 g/mol. The summed E-state index contributed by atoms with van der Waals surface area (Å²) in [5.74, 6) is -1.88. The van der Waals surface area contributed by atoms with Gasteiger partial charge in [-0.3, -0.25) is 0 Å². The maximum absolute atomic E-state index is 14.2. The molecule has 2 heterocycles. The van der Waals surface area contributed by atoms with Gasteiger partial charge >= 0.3 is 0 Å². The molecule has 26 heavy (non-hydrogen) atoms. The quantitative estimate of drug-likeness (QED) is 0.411. The van der Waals surface area contributed by atoms with Crippen LogP contribution in [0.15, 0.2) is 24.5 Å². The van der Waals surface area contributed by atoms with Gasteiger partial charge in [-0.2, -0.15) is 0 Å². The van der Waals surface area contributed by atoms with Crippen molar-refractivity contribution in [1.29, 1.82) is 0 Å². The van der Waals surface area contributed by atoms with E-state index in [1.54, 1.807) is 6.08 Å². The lowest BCUT2D eigenvalue weighted by atomic mass is 9.90. The van der Waals surface area contributed by atoms with E-state index in [1.807, 2.05) is 6.92 Å². The molecule has 0 aromatic rings. The predicted octanol–water partition coefficient (Wildman–Crippen LogP) is 5.61. The topological polar surface area (TPSA) is 27.7 Å². The fraction of sp³-hybridized carbons (Fsp3) is 0.810. The summed E-state index contributed by atoms with van der Waals surface area (Å²) in [5.41, 5.74) is 0. The largest absolute Gasteiger partial charge is 0.495 e. The molecule has 0 aromatic carbocycles. The number of alkyl halides is 2. The number of halogens is 2. The zero-order valence-electron chi connectivity index (χ0n) is 15.8. The molecule has 0 spiro atoms. The second-order valence-electron chi connectivity index (χ2n) is 7.92. The maximum atomic E-state index is 14.2. The molecule has 2 aliphatic heterocycles. The normalized spacial score (nSPS) is 35.0. The van der Waals surface area contributed by atoms with Gasteiger partial charge in [-0.15, -0.1) is 0 Å². The van der Waals surface area contributed by atoms with Gasteiger partial charge in [-0.25, -0.2) is 8.78 Å². The first-order valence-electron chi connectivity index (χ1n) is 10.2. The molecule has 5 atom stereocenters. The Labute approximate surface area is 155 Å². The number of unbranched alkanes of at least 4 members (excludes halogenated alkanes) is 2. The second kappa shape index (κ2) is 8.83. The van der Waals surface area contributed by atoms with Crippen molar-refractivity contribution in [3.05, 3.63) is 24.5 Å². The molecule has 5 heteroatoms. The van der Waals surface area contributed by atoms with Gasteiger partial charge < -0.3 is 14.2 Å². The third-order valence-electron chi connectivity index (χ3n) is 5.79. The van der Waals surface area contributed by atoms with Crippen molar-refractivity contribution in [2.75, 3.05) is 6.61 Å². The zero-order chi connectivity index (χ0) is 18.6. The highest BCUT2D eigenvalue weighted by Gasteiger charge is 2.49. The van der Waals surface area contributed by atoms with E-state index >= 15 is 0 Å². The van der Waals surface area contributed by atoms with Gasteiger partial charge in [0.1, 0.15) is 6.10 Å². The summed E-state index contributed by atoms with van der Waals surface area (Å²) in [7, 11) is 0. The summed E-state index contributed by atoms with van der Waals surface area (Å²) in [5, 5.41) is 0. The minimum atomic E-state index is -2.75. The molecule has 0 N–H and O–H groups in total. The lowest BCUT2D eigenvalue weighted by molar-refractivity contribution is -0.193. The molecule has 0 bridgehead atoms. The van der Waals surface area contributed by atoms with E-state index in [4.69, 9.17) is 14.2 Å². The molecule has 0 amide bonds. The molecule has 1 saturated carbocycles. The van der Waals surface area contributed by atoms with E-state index in [0.717, 1.165) is 56.8 Å². The van der Waals surface area contributed by atoms with E-state index < -0.39 is 5.92 Å². The van der Waals surface area contributed by atoms with Crippen LogP contribution in [0.1, 0.15) is 64.7 Å². The van der Waals surface area contributed by atoms with Crippen LogP contribution in [0.25, 0.3) is 0 Å². The summed E-state index contributed by atoms with van der Waals surface area (Å²) in [4.78, 5) is 0. The molecule has 1 aliphatic carbocycles. The molecule has 2 saturated heterocycles. The zero-order valence-corrected chi connectivity index (χ0v) is 15.8. The lowest BCUT2D eigenvalue weighted by Crippen LogP contribution is -2.31. The van der Waals surface area contributed by atoms with Gasteiger partial charge in [0, 0.05) is 37.7 Å². The highest BCUT2D eigenvalue weighted by molar-refractivity contribution is 5.12. The van der Waals surface area contributed by atoms with Crippen LogP contribution >= 0.6 is 0 Å². The first kappa shape index (κ1) is 19.8. The fourth-order valence-electron chi connectivity index (χ4n) is 4.38. The molecular formula is C21H32F2O3. The van der Waals surface area contributed by atoms with Gasteiger partial charge in [-0.05, 0) is 31.8 Å². The highest BCUT2D eigenvalue weighted by Crippen LogP contribution is 2.47. The van der Waals surface area contributed by atoms with Crippen LogP contribution in [0.4, 0.5) is 8.78 Å². The number of hydrogen-bond donors (Lipinski definition) is 0. The van der Waals surface area contributed by atoms with E-state index in [1.165, 1.54) is 0 Å². The first-order chi connectivity index (χ1) is 12.5. The van der Waals surface area contributed by atoms with Gasteiger partial charge in [0.25, 0.3) is 5.92 Å². The Morgan fingerprint density at radius 1 is 1.31 bits per heavy atom. The summed E-state index contributed by atoms with van der Waals surface area (Å²) >= 11 is 0. The number of ether oxygens (including phenoxy) is 3. The second-order valence-corrected chi connectivity index (χ2v) is 7.92. The van der Waals surface area contributed by atoms with E-state index in [-0.39, 0.29) is 36.8 Å². The molecule has 3 rings (SSSR count). The van der Waals surface area contributed by atoms with Crippen LogP contribution in [0.2, 0.25) is 0 Å². The molecule has 3 nitrogen and oxygen atoms in total.